The van der Waals surface area contributed by atoms with Crippen LogP contribution in [0.5, 0.6) is 11.5 Å². The molecule has 2 rings (SSSR count). The molecule has 2 aromatic rings. The van der Waals surface area contributed by atoms with Crippen molar-refractivity contribution in [1.82, 2.24) is 0 Å². The molecule has 0 bridgehead atoms. The molecule has 98 valence electrons. The minimum Gasteiger partial charge on any atom is -0.450 e. The molecular formula is C14H12BrNO3. The van der Waals surface area contributed by atoms with E-state index in [0.29, 0.717) is 5.75 Å². The predicted molar refractivity (Wildman–Crippen MR) is 76.8 cm³/mol. The maximum Gasteiger partial charge on any atom is 0.311 e. The van der Waals surface area contributed by atoms with E-state index in [1.807, 2.05) is 19.1 Å². The second kappa shape index (κ2) is 5.40. The number of para-hydroxylation sites is 1. The van der Waals surface area contributed by atoms with E-state index in [2.05, 4.69) is 15.9 Å². The first-order valence-electron chi connectivity index (χ1n) is 5.67. The Bertz CT molecular complexity index is 641. The van der Waals surface area contributed by atoms with Crippen LogP contribution >= 0.6 is 15.9 Å². The molecular weight excluding hydrogens is 310 g/mol. The fraction of sp³-hybridized carbons (Fsp3) is 0.143. The van der Waals surface area contributed by atoms with Crippen LogP contribution in [0.1, 0.15) is 11.1 Å². The summed E-state index contributed by atoms with van der Waals surface area (Å²) in [5, 5.41) is 11.0. The van der Waals surface area contributed by atoms with Crippen molar-refractivity contribution in [3.8, 4) is 11.5 Å². The van der Waals surface area contributed by atoms with Crippen molar-refractivity contribution in [3.63, 3.8) is 0 Å². The van der Waals surface area contributed by atoms with Crippen molar-refractivity contribution < 1.29 is 9.66 Å². The first-order valence-corrected chi connectivity index (χ1v) is 6.46. The minimum atomic E-state index is -0.436. The zero-order chi connectivity index (χ0) is 14.0. The van der Waals surface area contributed by atoms with Gasteiger partial charge in [-0.3, -0.25) is 10.1 Å². The Balaban J connectivity index is 2.42. The van der Waals surface area contributed by atoms with Crippen molar-refractivity contribution >= 4 is 21.6 Å². The molecule has 0 atom stereocenters. The van der Waals surface area contributed by atoms with Crippen LogP contribution in [-0.2, 0) is 0 Å². The SMILES string of the molecule is Cc1cc(Oc2c(C)cccc2[N+](=O)[O-])ccc1Br. The fourth-order valence-corrected chi connectivity index (χ4v) is 1.96. The van der Waals surface area contributed by atoms with Gasteiger partial charge in [0.05, 0.1) is 4.92 Å². The van der Waals surface area contributed by atoms with Gasteiger partial charge in [-0.1, -0.05) is 28.1 Å². The number of ether oxygens (including phenoxy) is 1. The van der Waals surface area contributed by atoms with E-state index in [1.54, 1.807) is 25.1 Å². The van der Waals surface area contributed by atoms with Gasteiger partial charge in [-0.25, -0.2) is 0 Å². The summed E-state index contributed by atoms with van der Waals surface area (Å²) in [6, 6.07) is 10.3. The van der Waals surface area contributed by atoms with Gasteiger partial charge in [0.25, 0.3) is 0 Å². The van der Waals surface area contributed by atoms with Gasteiger partial charge >= 0.3 is 5.69 Å². The molecule has 0 radical (unpaired) electrons. The van der Waals surface area contributed by atoms with E-state index in [4.69, 9.17) is 4.74 Å². The van der Waals surface area contributed by atoms with E-state index in [1.165, 1.54) is 6.07 Å². The Kier molecular flexibility index (Phi) is 3.85. The van der Waals surface area contributed by atoms with E-state index >= 15 is 0 Å². The summed E-state index contributed by atoms with van der Waals surface area (Å²) >= 11 is 3.40. The number of aryl methyl sites for hydroxylation is 2. The molecule has 0 saturated carbocycles. The van der Waals surface area contributed by atoms with E-state index < -0.39 is 4.92 Å². The highest BCUT2D eigenvalue weighted by molar-refractivity contribution is 9.10. The zero-order valence-electron chi connectivity index (χ0n) is 10.5. The average molecular weight is 322 g/mol. The number of rotatable bonds is 3. The highest BCUT2D eigenvalue weighted by Gasteiger charge is 2.17. The van der Waals surface area contributed by atoms with Gasteiger partial charge in [0.15, 0.2) is 0 Å². The van der Waals surface area contributed by atoms with Crippen molar-refractivity contribution in [3.05, 3.63) is 62.1 Å². The topological polar surface area (TPSA) is 52.4 Å². The molecule has 0 fully saturated rings. The largest absolute Gasteiger partial charge is 0.450 e. The summed E-state index contributed by atoms with van der Waals surface area (Å²) in [5.74, 6) is 0.868. The third-order valence-electron chi connectivity index (χ3n) is 2.74. The number of nitro groups is 1. The molecule has 0 aliphatic heterocycles. The lowest BCUT2D eigenvalue weighted by Crippen LogP contribution is -1.95. The number of nitrogens with zero attached hydrogens (tertiary/aromatic N) is 1. The molecule has 0 heterocycles. The minimum absolute atomic E-state index is 0.0272. The Hall–Kier alpha value is -1.88. The lowest BCUT2D eigenvalue weighted by molar-refractivity contribution is -0.385. The van der Waals surface area contributed by atoms with Gasteiger partial charge in [0.1, 0.15) is 5.75 Å². The van der Waals surface area contributed by atoms with Gasteiger partial charge in [0, 0.05) is 10.5 Å². The first-order chi connectivity index (χ1) is 8.99. The predicted octanol–water partition coefficient (Wildman–Crippen LogP) is 4.77. The lowest BCUT2D eigenvalue weighted by atomic mass is 10.2. The second-order valence-corrected chi connectivity index (χ2v) is 5.05. The number of hydrogen-bond donors (Lipinski definition) is 0. The van der Waals surface area contributed by atoms with Gasteiger partial charge in [-0.15, -0.1) is 0 Å². The maximum atomic E-state index is 11.0. The summed E-state index contributed by atoms with van der Waals surface area (Å²) in [6.07, 6.45) is 0. The highest BCUT2D eigenvalue weighted by Crippen LogP contribution is 2.35. The summed E-state index contributed by atoms with van der Waals surface area (Å²) in [5.41, 5.74) is 1.71. The Labute approximate surface area is 119 Å². The van der Waals surface area contributed by atoms with Crippen molar-refractivity contribution in [1.29, 1.82) is 0 Å². The number of nitro benzene ring substituents is 1. The van der Waals surface area contributed by atoms with Crippen molar-refractivity contribution in [2.45, 2.75) is 13.8 Å². The zero-order valence-corrected chi connectivity index (χ0v) is 12.1. The molecule has 0 spiro atoms. The highest BCUT2D eigenvalue weighted by atomic mass is 79.9. The molecule has 2 aromatic carbocycles. The van der Waals surface area contributed by atoms with Crippen LogP contribution in [0.15, 0.2) is 40.9 Å². The molecule has 4 nitrogen and oxygen atoms in total. The van der Waals surface area contributed by atoms with Crippen LogP contribution in [0.3, 0.4) is 0 Å². The quantitative estimate of drug-likeness (QED) is 0.604. The van der Waals surface area contributed by atoms with Gasteiger partial charge in [0.2, 0.25) is 5.75 Å². The molecule has 19 heavy (non-hydrogen) atoms. The molecule has 0 aliphatic carbocycles. The molecule has 0 aromatic heterocycles. The molecule has 0 unspecified atom stereocenters. The standard InChI is InChI=1S/C14H12BrNO3/c1-9-4-3-5-13(16(17)18)14(9)19-11-6-7-12(15)10(2)8-11/h3-8H,1-2H3. The van der Waals surface area contributed by atoms with Crippen LogP contribution in [0.2, 0.25) is 0 Å². The Morgan fingerprint density at radius 2 is 1.89 bits per heavy atom. The molecule has 5 heteroatoms. The number of halogens is 1. The number of hydrogen-bond acceptors (Lipinski definition) is 3. The van der Waals surface area contributed by atoms with Crippen molar-refractivity contribution in [2.24, 2.45) is 0 Å². The first kappa shape index (κ1) is 13.5. The smallest absolute Gasteiger partial charge is 0.311 e. The normalized spacial score (nSPS) is 10.3. The van der Waals surface area contributed by atoms with E-state index in [0.717, 1.165) is 15.6 Å². The van der Waals surface area contributed by atoms with Crippen LogP contribution in [-0.4, -0.2) is 4.92 Å². The maximum absolute atomic E-state index is 11.0. The summed E-state index contributed by atoms with van der Waals surface area (Å²) < 4.78 is 6.65. The Morgan fingerprint density at radius 1 is 1.16 bits per heavy atom. The average Bonchev–Trinajstić information content (AvgIpc) is 2.36. The second-order valence-electron chi connectivity index (χ2n) is 4.19. The van der Waals surface area contributed by atoms with E-state index in [-0.39, 0.29) is 11.4 Å². The van der Waals surface area contributed by atoms with Gasteiger partial charge in [-0.2, -0.15) is 0 Å². The third-order valence-corrected chi connectivity index (χ3v) is 3.63. The van der Waals surface area contributed by atoms with Crippen LogP contribution in [0, 0.1) is 24.0 Å². The van der Waals surface area contributed by atoms with Gasteiger partial charge < -0.3 is 4.74 Å². The van der Waals surface area contributed by atoms with Crippen LogP contribution in [0.4, 0.5) is 5.69 Å². The molecule has 0 aliphatic rings. The molecule has 0 N–H and O–H groups in total. The van der Waals surface area contributed by atoms with Gasteiger partial charge in [-0.05, 0) is 43.2 Å². The molecule has 0 amide bonds. The monoisotopic (exact) mass is 321 g/mol. The van der Waals surface area contributed by atoms with E-state index in [9.17, 15) is 10.1 Å². The summed E-state index contributed by atoms with van der Waals surface area (Å²) in [6.45, 7) is 3.72. The third kappa shape index (κ3) is 2.93. The number of benzene rings is 2. The lowest BCUT2D eigenvalue weighted by Gasteiger charge is -2.10. The summed E-state index contributed by atoms with van der Waals surface area (Å²) in [4.78, 5) is 10.6. The Morgan fingerprint density at radius 3 is 2.53 bits per heavy atom. The summed E-state index contributed by atoms with van der Waals surface area (Å²) in [7, 11) is 0. The van der Waals surface area contributed by atoms with Crippen LogP contribution in [0.25, 0.3) is 0 Å². The fourth-order valence-electron chi connectivity index (χ4n) is 1.71. The van der Waals surface area contributed by atoms with Crippen LogP contribution < -0.4 is 4.74 Å². The molecule has 0 saturated heterocycles. The van der Waals surface area contributed by atoms with Crippen molar-refractivity contribution in [2.75, 3.05) is 0 Å².